The van der Waals surface area contributed by atoms with Crippen LogP contribution in [0.5, 0.6) is 0 Å². The minimum absolute atomic E-state index is 0.155. The molecule has 0 bridgehead atoms. The second-order valence-corrected chi connectivity index (χ2v) is 10.6. The molecule has 9 nitrogen and oxygen atoms in total. The highest BCUT2D eigenvalue weighted by Crippen LogP contribution is 2.27. The Kier molecular flexibility index (Phi) is 6.63. The van der Waals surface area contributed by atoms with Crippen molar-refractivity contribution >= 4 is 32.5 Å². The molecule has 0 atom stereocenters. The van der Waals surface area contributed by atoms with Crippen LogP contribution in [0, 0.1) is 0 Å². The van der Waals surface area contributed by atoms with Gasteiger partial charge in [0, 0.05) is 42.0 Å². The number of fused-ring (bicyclic) bond motifs is 1. The number of aromatic nitrogens is 5. The highest BCUT2D eigenvalue weighted by atomic mass is 35.5. The first-order valence-electron chi connectivity index (χ1n) is 11.6. The van der Waals surface area contributed by atoms with Crippen molar-refractivity contribution in [1.82, 2.24) is 28.9 Å². The zero-order valence-electron chi connectivity index (χ0n) is 20.1. The van der Waals surface area contributed by atoms with E-state index in [0.29, 0.717) is 40.7 Å². The van der Waals surface area contributed by atoms with E-state index < -0.39 is 10.0 Å². The minimum Gasteiger partial charge on any atom is -0.287 e. The Bertz CT molecular complexity index is 1780. The zero-order chi connectivity index (χ0) is 26.2. The first kappa shape index (κ1) is 24.8. The fourth-order valence-corrected chi connectivity index (χ4v) is 5.86. The zero-order valence-corrected chi connectivity index (χ0v) is 21.7. The Morgan fingerprint density at radius 2 is 1.78 bits per heavy atom. The van der Waals surface area contributed by atoms with Crippen LogP contribution in [0.1, 0.15) is 13.8 Å². The van der Waals surface area contributed by atoms with Crippen molar-refractivity contribution < 1.29 is 8.42 Å². The molecule has 0 aliphatic carbocycles. The van der Waals surface area contributed by atoms with E-state index in [4.69, 9.17) is 11.6 Å². The molecule has 0 saturated carbocycles. The van der Waals surface area contributed by atoms with E-state index in [-0.39, 0.29) is 16.0 Å². The number of hydrogen-bond donors (Lipinski definition) is 0. The minimum atomic E-state index is -3.66. The average molecular weight is 535 g/mol. The Hall–Kier alpha value is -3.86. The Morgan fingerprint density at radius 1 is 0.973 bits per heavy atom. The molecule has 5 rings (SSSR count). The van der Waals surface area contributed by atoms with Gasteiger partial charge in [-0.3, -0.25) is 9.78 Å². The third-order valence-corrected chi connectivity index (χ3v) is 8.31. The van der Waals surface area contributed by atoms with Crippen LogP contribution in [0.4, 0.5) is 0 Å². The quantitative estimate of drug-likeness (QED) is 0.308. The fraction of sp³-hybridized carbons (Fsp3) is 0.154. The van der Waals surface area contributed by atoms with Gasteiger partial charge in [-0.15, -0.1) is 0 Å². The van der Waals surface area contributed by atoms with Crippen molar-refractivity contribution in [3.05, 3.63) is 94.5 Å². The summed E-state index contributed by atoms with van der Waals surface area (Å²) >= 11 is 6.14. The Balaban J connectivity index is 1.62. The summed E-state index contributed by atoms with van der Waals surface area (Å²) in [7, 11) is -3.66. The maximum absolute atomic E-state index is 13.0. The van der Waals surface area contributed by atoms with Gasteiger partial charge < -0.3 is 0 Å². The molecule has 0 radical (unpaired) electrons. The largest absolute Gasteiger partial charge is 0.287 e. The lowest BCUT2D eigenvalue weighted by atomic mass is 10.2. The Morgan fingerprint density at radius 3 is 2.57 bits per heavy atom. The molecule has 37 heavy (non-hydrogen) atoms. The van der Waals surface area contributed by atoms with Gasteiger partial charge >= 0.3 is 0 Å². The molecule has 2 aromatic carbocycles. The van der Waals surface area contributed by atoms with Gasteiger partial charge in [0.05, 0.1) is 33.7 Å². The molecule has 3 heterocycles. The van der Waals surface area contributed by atoms with Gasteiger partial charge in [-0.05, 0) is 48.5 Å². The molecule has 0 aliphatic heterocycles. The van der Waals surface area contributed by atoms with Crippen LogP contribution in [0.2, 0.25) is 5.02 Å². The standard InChI is InChI=1S/C26H23ClN6O3S/c1-3-31(4-2)37(35,36)20-7-5-6-19(17-20)32-15-12-25(34)26(30-32)24-11-14-29-33(24)23-10-13-28-22-16-18(27)8-9-21(22)23/h5-17H,3-4H2,1-2H3. The summed E-state index contributed by atoms with van der Waals surface area (Å²) in [6.45, 7) is 4.32. The van der Waals surface area contributed by atoms with E-state index in [1.54, 1.807) is 79.5 Å². The second-order valence-electron chi connectivity index (χ2n) is 8.18. The maximum atomic E-state index is 13.0. The number of hydrogen-bond acceptors (Lipinski definition) is 6. The molecular formula is C26H23ClN6O3S. The summed E-state index contributed by atoms with van der Waals surface area (Å²) in [6.07, 6.45) is 4.75. The van der Waals surface area contributed by atoms with Gasteiger partial charge in [-0.1, -0.05) is 31.5 Å². The lowest BCUT2D eigenvalue weighted by Gasteiger charge is -2.19. The van der Waals surface area contributed by atoms with Crippen LogP contribution in [0.25, 0.3) is 33.7 Å². The molecular weight excluding hydrogens is 512 g/mol. The van der Waals surface area contributed by atoms with Crippen LogP contribution in [-0.2, 0) is 10.0 Å². The summed E-state index contributed by atoms with van der Waals surface area (Å²) in [6, 6.07) is 16.8. The molecule has 0 N–H and O–H groups in total. The van der Waals surface area contributed by atoms with Crippen LogP contribution in [0.15, 0.2) is 88.9 Å². The van der Waals surface area contributed by atoms with E-state index in [1.807, 2.05) is 6.07 Å². The first-order chi connectivity index (χ1) is 17.8. The van der Waals surface area contributed by atoms with Crippen LogP contribution >= 0.6 is 11.6 Å². The number of halogens is 1. The van der Waals surface area contributed by atoms with Gasteiger partial charge in [0.2, 0.25) is 15.5 Å². The summed E-state index contributed by atoms with van der Waals surface area (Å²) in [4.78, 5) is 17.5. The highest BCUT2D eigenvalue weighted by Gasteiger charge is 2.22. The summed E-state index contributed by atoms with van der Waals surface area (Å²) in [5.74, 6) is 0. The van der Waals surface area contributed by atoms with Gasteiger partial charge in [0.25, 0.3) is 0 Å². The summed E-state index contributed by atoms with van der Waals surface area (Å²) < 4.78 is 30.6. The van der Waals surface area contributed by atoms with Gasteiger partial charge in [0.15, 0.2) is 5.69 Å². The van der Waals surface area contributed by atoms with Crippen molar-refractivity contribution in [2.75, 3.05) is 13.1 Å². The van der Waals surface area contributed by atoms with Crippen LogP contribution in [-0.4, -0.2) is 50.4 Å². The van der Waals surface area contributed by atoms with E-state index in [9.17, 15) is 13.2 Å². The molecule has 3 aromatic heterocycles. The van der Waals surface area contributed by atoms with Gasteiger partial charge in [0.1, 0.15) is 0 Å². The van der Waals surface area contributed by atoms with Crippen molar-refractivity contribution in [2.24, 2.45) is 0 Å². The van der Waals surface area contributed by atoms with Crippen LogP contribution in [0.3, 0.4) is 0 Å². The third-order valence-electron chi connectivity index (χ3n) is 6.03. The summed E-state index contributed by atoms with van der Waals surface area (Å²) in [5.41, 5.74) is 2.25. The van der Waals surface area contributed by atoms with Crippen LogP contribution < -0.4 is 5.43 Å². The van der Waals surface area contributed by atoms with Crippen molar-refractivity contribution in [3.63, 3.8) is 0 Å². The first-order valence-corrected chi connectivity index (χ1v) is 13.4. The molecule has 0 unspecified atom stereocenters. The molecule has 0 amide bonds. The average Bonchev–Trinajstić information content (AvgIpc) is 3.38. The topological polar surface area (TPSA) is 103 Å². The molecule has 11 heteroatoms. The number of nitrogens with zero attached hydrogens (tertiary/aromatic N) is 6. The van der Waals surface area contributed by atoms with Crippen molar-refractivity contribution in [1.29, 1.82) is 0 Å². The second kappa shape index (κ2) is 9.89. The predicted molar refractivity (Wildman–Crippen MR) is 143 cm³/mol. The summed E-state index contributed by atoms with van der Waals surface area (Å²) in [5, 5.41) is 10.4. The molecule has 0 fully saturated rings. The van der Waals surface area contributed by atoms with Gasteiger partial charge in [-0.2, -0.15) is 14.5 Å². The molecule has 0 spiro atoms. The lowest BCUT2D eigenvalue weighted by Crippen LogP contribution is -2.30. The molecule has 0 saturated heterocycles. The van der Waals surface area contributed by atoms with Crippen molar-refractivity contribution in [3.8, 4) is 22.8 Å². The monoisotopic (exact) mass is 534 g/mol. The Labute approximate surface area is 218 Å². The van der Waals surface area contributed by atoms with Crippen molar-refractivity contribution in [2.45, 2.75) is 18.7 Å². The normalized spacial score (nSPS) is 11.9. The number of sulfonamides is 1. The number of benzene rings is 2. The molecule has 0 aliphatic rings. The highest BCUT2D eigenvalue weighted by molar-refractivity contribution is 7.89. The maximum Gasteiger partial charge on any atom is 0.243 e. The third kappa shape index (κ3) is 4.55. The van der Waals surface area contributed by atoms with E-state index in [0.717, 1.165) is 5.39 Å². The predicted octanol–water partition coefficient (Wildman–Crippen LogP) is 4.32. The van der Waals surface area contributed by atoms with E-state index in [1.165, 1.54) is 21.3 Å². The number of pyridine rings is 1. The molecule has 5 aromatic rings. The number of rotatable bonds is 7. The van der Waals surface area contributed by atoms with E-state index >= 15 is 0 Å². The van der Waals surface area contributed by atoms with Gasteiger partial charge in [-0.25, -0.2) is 17.8 Å². The SMILES string of the molecule is CCN(CC)S(=O)(=O)c1cccc(-n2ccc(=O)c(-c3ccnn3-c3ccnc4cc(Cl)ccc34)n2)c1. The molecule has 188 valence electrons. The fourth-order valence-electron chi connectivity index (χ4n) is 4.19. The smallest absolute Gasteiger partial charge is 0.243 e. The van der Waals surface area contributed by atoms with E-state index in [2.05, 4.69) is 15.2 Å². The lowest BCUT2D eigenvalue weighted by molar-refractivity contribution is 0.445.